The minimum Gasteiger partial charge on any atom is -0.756 e. The normalized spacial score (nSPS) is 17.7. The second-order valence-electron chi connectivity index (χ2n) is 16.4. The molecule has 10 nitrogen and oxygen atoms in total. The average Bonchev–Trinajstić information content (AvgIpc) is 3.94. The number of phosphoric ester groups is 1. The molecule has 0 aliphatic carbocycles. The summed E-state index contributed by atoms with van der Waals surface area (Å²) in [4.78, 5) is 37.7. The Balaban J connectivity index is 2.36. The van der Waals surface area contributed by atoms with Crippen molar-refractivity contribution < 1.29 is 46.8 Å². The van der Waals surface area contributed by atoms with Gasteiger partial charge in [-0.05, 0) is 89.9 Å². The number of nitrogens with zero attached hydrogens (tertiary/aromatic N) is 1. The Kier molecular flexibility index (Phi) is 33.3. The molecule has 59 heavy (non-hydrogen) atoms. The van der Waals surface area contributed by atoms with Crippen LogP contribution in [0.5, 0.6) is 0 Å². The molecule has 1 heterocycles. The van der Waals surface area contributed by atoms with E-state index in [1.807, 2.05) is 21.1 Å². The number of rotatable bonds is 39. The van der Waals surface area contributed by atoms with Crippen molar-refractivity contribution >= 4 is 19.8 Å². The van der Waals surface area contributed by atoms with Crippen LogP contribution < -0.4 is 4.89 Å². The molecule has 1 fully saturated rings. The van der Waals surface area contributed by atoms with Crippen LogP contribution in [0.3, 0.4) is 0 Å². The zero-order chi connectivity index (χ0) is 43.3. The summed E-state index contributed by atoms with van der Waals surface area (Å²) >= 11 is 0. The maximum atomic E-state index is 12.8. The summed E-state index contributed by atoms with van der Waals surface area (Å²) in [6.07, 6.45) is 46.6. The molecule has 1 aliphatic rings. The third kappa shape index (κ3) is 36.9. The number of carbonyl (C=O) groups excluding carboxylic acids is 2. The van der Waals surface area contributed by atoms with Crippen LogP contribution in [0.4, 0.5) is 0 Å². The van der Waals surface area contributed by atoms with Crippen molar-refractivity contribution in [2.75, 3.05) is 47.5 Å². The van der Waals surface area contributed by atoms with E-state index in [9.17, 15) is 19.0 Å². The van der Waals surface area contributed by atoms with Crippen molar-refractivity contribution in [3.8, 4) is 0 Å². The summed E-state index contributed by atoms with van der Waals surface area (Å²) in [5, 5.41) is 0. The fourth-order valence-electron chi connectivity index (χ4n) is 5.92. The molecule has 1 aliphatic heterocycles. The van der Waals surface area contributed by atoms with E-state index >= 15 is 0 Å². The lowest BCUT2D eigenvalue weighted by Gasteiger charge is -2.28. The van der Waals surface area contributed by atoms with Gasteiger partial charge in [0.25, 0.3) is 7.82 Å². The van der Waals surface area contributed by atoms with E-state index in [0.29, 0.717) is 23.9 Å². The molecule has 11 heteroatoms. The van der Waals surface area contributed by atoms with Crippen molar-refractivity contribution in [3.05, 3.63) is 72.9 Å². The molecule has 0 aromatic rings. The first-order valence-corrected chi connectivity index (χ1v) is 24.2. The molecule has 3 unspecified atom stereocenters. The minimum atomic E-state index is -4.66. The molecule has 1 saturated heterocycles. The Morgan fingerprint density at radius 1 is 0.627 bits per heavy atom. The maximum absolute atomic E-state index is 12.8. The van der Waals surface area contributed by atoms with E-state index in [1.165, 1.54) is 44.9 Å². The number of epoxide rings is 1. The lowest BCUT2D eigenvalue weighted by molar-refractivity contribution is -0.870. The van der Waals surface area contributed by atoms with Crippen LogP contribution in [0.15, 0.2) is 72.9 Å². The Morgan fingerprint density at radius 2 is 1.14 bits per heavy atom. The highest BCUT2D eigenvalue weighted by Gasteiger charge is 2.36. The fraction of sp³-hybridized carbons (Fsp3) is 0.708. The number of hydrogen-bond donors (Lipinski definition) is 0. The topological polar surface area (TPSA) is 124 Å². The van der Waals surface area contributed by atoms with E-state index in [0.717, 1.165) is 70.6 Å². The second kappa shape index (κ2) is 36.1. The van der Waals surface area contributed by atoms with Gasteiger partial charge in [-0.2, -0.15) is 0 Å². The van der Waals surface area contributed by atoms with E-state index in [-0.39, 0.29) is 38.3 Å². The van der Waals surface area contributed by atoms with Crippen LogP contribution in [-0.2, 0) is 37.4 Å². The molecule has 0 bridgehead atoms. The molecule has 0 aromatic heterocycles. The Bertz CT molecular complexity index is 1300. The van der Waals surface area contributed by atoms with Gasteiger partial charge >= 0.3 is 11.9 Å². The predicted octanol–water partition coefficient (Wildman–Crippen LogP) is 11.4. The number of quaternary nitrogens is 1. The zero-order valence-corrected chi connectivity index (χ0v) is 38.5. The monoisotopic (exact) mass is 848 g/mol. The van der Waals surface area contributed by atoms with Crippen molar-refractivity contribution in [2.45, 2.75) is 173 Å². The van der Waals surface area contributed by atoms with Gasteiger partial charge in [0.2, 0.25) is 0 Å². The highest BCUT2D eigenvalue weighted by molar-refractivity contribution is 7.45. The molecule has 0 spiro atoms. The average molecular weight is 848 g/mol. The lowest BCUT2D eigenvalue weighted by Crippen LogP contribution is -2.37. The van der Waals surface area contributed by atoms with E-state index < -0.39 is 32.5 Å². The van der Waals surface area contributed by atoms with Gasteiger partial charge in [-0.1, -0.05) is 125 Å². The molecular weight excluding hydrogens is 765 g/mol. The highest BCUT2D eigenvalue weighted by atomic mass is 31.2. The smallest absolute Gasteiger partial charge is 0.306 e. The Labute approximate surface area is 359 Å². The van der Waals surface area contributed by atoms with Gasteiger partial charge in [0.1, 0.15) is 19.8 Å². The quantitative estimate of drug-likeness (QED) is 0.0148. The van der Waals surface area contributed by atoms with Crippen LogP contribution in [0.25, 0.3) is 0 Å². The SMILES string of the molecule is CCCCC/C=C\C/C=C\C/C=C\CCCCCCC(=O)OC[C@H](COP(=O)([O-])OCC[N+](C)(C)C)OC(=O)CCCC1OC1C/C=C\C/C=C\C/C=C\CCCCC. The lowest BCUT2D eigenvalue weighted by atomic mass is 10.1. The molecule has 0 N–H and O–H groups in total. The third-order valence-corrected chi connectivity index (χ3v) is 10.6. The number of phosphoric acid groups is 1. The van der Waals surface area contributed by atoms with Crippen LogP contribution in [0.2, 0.25) is 0 Å². The van der Waals surface area contributed by atoms with Crippen LogP contribution in [0, 0.1) is 0 Å². The standard InChI is InChI=1S/C48H82NO9P/c1-6-8-10-12-14-16-18-20-21-22-23-24-26-28-30-32-34-38-47(50)54-42-44(43-56-59(52,53)55-41-40-49(3,4)5)57-48(51)39-35-37-46-45(58-46)36-33-31-29-27-25-19-17-15-13-11-9-7-2/h14-17,20-21,23-25,27,31,33,44-46H,6-13,18-19,22,26,28-30,32,34-43H2,1-5H3/b16-14-,17-15-,21-20-,24-23-,27-25-,33-31-/t44-,45?,46?/m1/s1. The van der Waals surface area contributed by atoms with Crippen LogP contribution >= 0.6 is 7.82 Å². The highest BCUT2D eigenvalue weighted by Crippen LogP contribution is 2.38. The predicted molar refractivity (Wildman–Crippen MR) is 240 cm³/mol. The first-order chi connectivity index (χ1) is 28.5. The number of allylic oxidation sites excluding steroid dienone is 11. The van der Waals surface area contributed by atoms with Crippen molar-refractivity contribution in [2.24, 2.45) is 0 Å². The summed E-state index contributed by atoms with van der Waals surface area (Å²) in [7, 11) is 1.09. The molecule has 338 valence electrons. The number of ether oxygens (including phenoxy) is 3. The number of esters is 2. The zero-order valence-electron chi connectivity index (χ0n) is 37.6. The van der Waals surface area contributed by atoms with E-state index in [1.54, 1.807) is 0 Å². The molecule has 4 atom stereocenters. The molecule has 0 amide bonds. The molecule has 0 saturated carbocycles. The van der Waals surface area contributed by atoms with Crippen molar-refractivity contribution in [1.29, 1.82) is 0 Å². The minimum absolute atomic E-state index is 0.0527. The van der Waals surface area contributed by atoms with Gasteiger partial charge in [0.05, 0.1) is 40.0 Å². The number of unbranched alkanes of at least 4 members (excludes halogenated alkanes) is 10. The maximum Gasteiger partial charge on any atom is 0.306 e. The van der Waals surface area contributed by atoms with Gasteiger partial charge in [-0.25, -0.2) is 0 Å². The van der Waals surface area contributed by atoms with Gasteiger partial charge in [0, 0.05) is 12.8 Å². The van der Waals surface area contributed by atoms with Gasteiger partial charge in [-0.3, -0.25) is 14.2 Å². The third-order valence-electron chi connectivity index (χ3n) is 9.62. The Hall–Kier alpha value is -2.59. The van der Waals surface area contributed by atoms with Gasteiger partial charge in [-0.15, -0.1) is 0 Å². The molecule has 1 rings (SSSR count). The van der Waals surface area contributed by atoms with E-state index in [4.69, 9.17) is 23.3 Å². The van der Waals surface area contributed by atoms with Crippen molar-refractivity contribution in [3.63, 3.8) is 0 Å². The first kappa shape index (κ1) is 54.4. The molecule has 0 aromatic carbocycles. The summed E-state index contributed by atoms with van der Waals surface area (Å²) in [6, 6.07) is 0. The summed E-state index contributed by atoms with van der Waals surface area (Å²) in [6.45, 7) is 4.04. The molecular formula is C48H82NO9P. The van der Waals surface area contributed by atoms with Gasteiger partial charge < -0.3 is 32.6 Å². The summed E-state index contributed by atoms with van der Waals surface area (Å²) in [5.41, 5.74) is 0. The number of likely N-dealkylation sites (N-methyl/N-ethyl adjacent to an activating group) is 1. The Morgan fingerprint density at radius 3 is 1.69 bits per heavy atom. The second-order valence-corrected chi connectivity index (χ2v) is 17.9. The fourth-order valence-corrected chi connectivity index (χ4v) is 6.65. The largest absolute Gasteiger partial charge is 0.756 e. The number of hydrogen-bond acceptors (Lipinski definition) is 9. The van der Waals surface area contributed by atoms with Crippen molar-refractivity contribution in [1.82, 2.24) is 0 Å². The number of carbonyl (C=O) groups is 2. The van der Waals surface area contributed by atoms with Crippen LogP contribution in [-0.4, -0.2) is 82.2 Å². The summed E-state index contributed by atoms with van der Waals surface area (Å²) < 4.78 is 39.7. The molecule has 0 radical (unpaired) electrons. The first-order valence-electron chi connectivity index (χ1n) is 22.8. The van der Waals surface area contributed by atoms with Crippen LogP contribution in [0.1, 0.15) is 155 Å². The summed E-state index contributed by atoms with van der Waals surface area (Å²) in [5.74, 6) is -0.943. The van der Waals surface area contributed by atoms with Gasteiger partial charge in [0.15, 0.2) is 6.10 Å². The van der Waals surface area contributed by atoms with E-state index in [2.05, 4.69) is 86.8 Å².